The molecule has 0 aromatic heterocycles. The van der Waals surface area contributed by atoms with Gasteiger partial charge >= 0.3 is 5.97 Å². The molecule has 170 valence electrons. The van der Waals surface area contributed by atoms with Crippen molar-refractivity contribution in [1.82, 2.24) is 0 Å². The predicted octanol–water partition coefficient (Wildman–Crippen LogP) is 7.41. The van der Waals surface area contributed by atoms with Crippen LogP contribution in [-0.4, -0.2) is 19.7 Å². The lowest BCUT2D eigenvalue weighted by molar-refractivity contribution is 0.0602. The lowest BCUT2D eigenvalue weighted by Crippen LogP contribution is -2.00. The van der Waals surface area contributed by atoms with Crippen molar-refractivity contribution in [2.24, 2.45) is 0 Å². The highest BCUT2D eigenvalue weighted by molar-refractivity contribution is 6.00. The van der Waals surface area contributed by atoms with Gasteiger partial charge in [-0.25, -0.2) is 4.79 Å². The maximum atomic E-state index is 12.4. The Morgan fingerprint density at radius 2 is 1.59 bits per heavy atom. The zero-order valence-electron chi connectivity index (χ0n) is 19.7. The van der Waals surface area contributed by atoms with Gasteiger partial charge in [-0.2, -0.15) is 0 Å². The first-order valence-corrected chi connectivity index (χ1v) is 11.9. The van der Waals surface area contributed by atoms with Crippen LogP contribution in [0.25, 0.3) is 11.1 Å². The summed E-state index contributed by atoms with van der Waals surface area (Å²) in [6.07, 6.45) is 6.81. The van der Waals surface area contributed by atoms with Gasteiger partial charge in [0.2, 0.25) is 0 Å². The molecule has 0 aliphatic heterocycles. The highest BCUT2D eigenvalue weighted by atomic mass is 16.5. The molecule has 0 amide bonds. The van der Waals surface area contributed by atoms with Gasteiger partial charge in [0.25, 0.3) is 0 Å². The van der Waals surface area contributed by atoms with Crippen molar-refractivity contribution in [3.63, 3.8) is 0 Å². The minimum Gasteiger partial charge on any atom is -0.465 e. The van der Waals surface area contributed by atoms with Crippen molar-refractivity contribution in [2.45, 2.75) is 64.9 Å². The number of esters is 1. The Bertz CT molecular complexity index is 946. The highest BCUT2D eigenvalue weighted by Gasteiger charge is 2.21. The van der Waals surface area contributed by atoms with Gasteiger partial charge in [-0.1, -0.05) is 87.7 Å². The monoisotopic (exact) mass is 432 g/mol. The van der Waals surface area contributed by atoms with E-state index in [0.717, 1.165) is 31.4 Å². The molecule has 3 heteroatoms. The summed E-state index contributed by atoms with van der Waals surface area (Å²) in [5, 5.41) is 0. The number of carbonyl (C=O) groups excluding carboxylic acids is 1. The van der Waals surface area contributed by atoms with Crippen molar-refractivity contribution < 1.29 is 14.3 Å². The van der Waals surface area contributed by atoms with Crippen LogP contribution in [0.2, 0.25) is 0 Å². The molecule has 1 aromatic carbocycles. The fourth-order valence-electron chi connectivity index (χ4n) is 4.13. The zero-order chi connectivity index (χ0) is 22.8. The van der Waals surface area contributed by atoms with Crippen molar-refractivity contribution in [1.29, 1.82) is 0 Å². The molecule has 0 radical (unpaired) electrons. The summed E-state index contributed by atoms with van der Waals surface area (Å²) >= 11 is 0. The number of benzene rings is 1. The van der Waals surface area contributed by atoms with Gasteiger partial charge in [0.1, 0.15) is 0 Å². The number of hydrogen-bond donors (Lipinski definition) is 0. The maximum Gasteiger partial charge on any atom is 0.338 e. The molecule has 3 rings (SSSR count). The standard InChI is InChI=1S/C29H36O3/c1-22(2)24-16-12-17-26-25(20-28(27(26)19-24)29(30)31-3)15-10-5-4-6-11-18-32-21-23-13-8-7-9-14-23/h7-9,12-14,16-17,19-20,22H,4-6,10-11,15,18,21H2,1-3H3. The summed E-state index contributed by atoms with van der Waals surface area (Å²) in [5.41, 5.74) is 6.58. The van der Waals surface area contributed by atoms with E-state index < -0.39 is 0 Å². The Balaban J connectivity index is 1.46. The average molecular weight is 433 g/mol. The van der Waals surface area contributed by atoms with E-state index in [2.05, 4.69) is 50.2 Å². The molecule has 3 nitrogen and oxygen atoms in total. The largest absolute Gasteiger partial charge is 0.465 e. The Labute approximate surface area is 193 Å². The molecule has 0 saturated carbocycles. The SMILES string of the molecule is COC(=O)c1cc(CCCCCCCOCc2ccccc2)c2cccc(C(C)C)cc1-2. The average Bonchev–Trinajstić information content (AvgIpc) is 2.99. The van der Waals surface area contributed by atoms with Crippen LogP contribution in [0.1, 0.15) is 78.9 Å². The Morgan fingerprint density at radius 1 is 0.844 bits per heavy atom. The predicted molar refractivity (Wildman–Crippen MR) is 131 cm³/mol. The molecular formula is C29H36O3. The quantitative estimate of drug-likeness (QED) is 0.221. The lowest BCUT2D eigenvalue weighted by Gasteiger charge is -2.06. The molecule has 0 fully saturated rings. The number of rotatable bonds is 12. The molecule has 0 heterocycles. The minimum atomic E-state index is -0.252. The Hall–Kier alpha value is -2.65. The van der Waals surface area contributed by atoms with Gasteiger partial charge in [-0.15, -0.1) is 0 Å². The molecule has 0 bridgehead atoms. The van der Waals surface area contributed by atoms with Gasteiger partial charge in [0.15, 0.2) is 0 Å². The first kappa shape index (κ1) is 24.0. The fraction of sp³-hybridized carbons (Fsp3) is 0.414. The Kier molecular flexibility index (Phi) is 9.30. The van der Waals surface area contributed by atoms with E-state index in [1.165, 1.54) is 48.6 Å². The van der Waals surface area contributed by atoms with Crippen molar-refractivity contribution in [3.8, 4) is 11.1 Å². The number of ether oxygens (including phenoxy) is 2. The number of methoxy groups -OCH3 is 1. The molecule has 0 N–H and O–H groups in total. The zero-order valence-corrected chi connectivity index (χ0v) is 19.7. The molecule has 0 unspecified atom stereocenters. The van der Waals surface area contributed by atoms with Gasteiger partial charge in [0.05, 0.1) is 19.3 Å². The number of carbonyl (C=O) groups is 1. The summed E-state index contributed by atoms with van der Waals surface area (Å²) in [6.45, 7) is 5.87. The van der Waals surface area contributed by atoms with Crippen molar-refractivity contribution in [3.05, 3.63) is 82.9 Å². The highest BCUT2D eigenvalue weighted by Crippen LogP contribution is 2.35. The van der Waals surface area contributed by atoms with Crippen molar-refractivity contribution in [2.75, 3.05) is 13.7 Å². The van der Waals surface area contributed by atoms with Crippen LogP contribution in [0.4, 0.5) is 0 Å². The first-order valence-electron chi connectivity index (χ1n) is 11.9. The van der Waals surface area contributed by atoms with E-state index >= 15 is 0 Å². The van der Waals surface area contributed by atoms with Crippen LogP contribution in [0.3, 0.4) is 0 Å². The van der Waals surface area contributed by atoms with E-state index in [-0.39, 0.29) is 5.97 Å². The third-order valence-electron chi connectivity index (χ3n) is 6.03. The summed E-state index contributed by atoms with van der Waals surface area (Å²) in [6, 6.07) is 20.9. The van der Waals surface area contributed by atoms with Crippen LogP contribution >= 0.6 is 0 Å². The van der Waals surface area contributed by atoms with Crippen molar-refractivity contribution >= 4 is 5.97 Å². The second-order valence-electron chi connectivity index (χ2n) is 8.78. The fourth-order valence-corrected chi connectivity index (χ4v) is 4.13. The van der Waals surface area contributed by atoms with Crippen LogP contribution in [0.15, 0.2) is 60.7 Å². The number of unbranched alkanes of at least 4 members (excludes halogenated alkanes) is 4. The first-order chi connectivity index (χ1) is 15.6. The van der Waals surface area contributed by atoms with E-state index in [0.29, 0.717) is 18.1 Å². The van der Waals surface area contributed by atoms with Crippen LogP contribution in [0, 0.1) is 0 Å². The number of fused-ring (bicyclic) bond motifs is 1. The number of hydrogen-bond acceptors (Lipinski definition) is 3. The molecule has 0 spiro atoms. The van der Waals surface area contributed by atoms with E-state index in [1.807, 2.05) is 24.3 Å². The van der Waals surface area contributed by atoms with E-state index in [1.54, 1.807) is 0 Å². The third-order valence-corrected chi connectivity index (χ3v) is 6.03. The summed E-state index contributed by atoms with van der Waals surface area (Å²) in [4.78, 5) is 12.4. The van der Waals surface area contributed by atoms with E-state index in [9.17, 15) is 4.79 Å². The topological polar surface area (TPSA) is 35.5 Å². The molecule has 2 aliphatic carbocycles. The molecule has 0 saturated heterocycles. The second kappa shape index (κ2) is 12.4. The van der Waals surface area contributed by atoms with Crippen LogP contribution < -0.4 is 0 Å². The minimum absolute atomic E-state index is 0.252. The molecule has 0 atom stereocenters. The summed E-state index contributed by atoms with van der Waals surface area (Å²) in [5.74, 6) is 0.156. The van der Waals surface area contributed by atoms with Crippen LogP contribution in [0.5, 0.6) is 0 Å². The van der Waals surface area contributed by atoms with Gasteiger partial charge in [-0.05, 0) is 59.1 Å². The third kappa shape index (κ3) is 6.67. The Morgan fingerprint density at radius 3 is 2.34 bits per heavy atom. The molecular weight excluding hydrogens is 396 g/mol. The molecule has 2 aliphatic rings. The lowest BCUT2D eigenvalue weighted by atomic mass is 10.0. The van der Waals surface area contributed by atoms with Gasteiger partial charge < -0.3 is 9.47 Å². The number of aryl methyl sites for hydroxylation is 1. The van der Waals surface area contributed by atoms with E-state index in [4.69, 9.17) is 9.47 Å². The second-order valence-corrected chi connectivity index (χ2v) is 8.78. The van der Waals surface area contributed by atoms with Crippen LogP contribution in [-0.2, 0) is 22.5 Å². The van der Waals surface area contributed by atoms with Gasteiger partial charge in [0, 0.05) is 6.61 Å². The smallest absolute Gasteiger partial charge is 0.338 e. The molecule has 1 aromatic rings. The van der Waals surface area contributed by atoms with Gasteiger partial charge in [-0.3, -0.25) is 0 Å². The summed E-state index contributed by atoms with van der Waals surface area (Å²) in [7, 11) is 1.46. The normalized spacial score (nSPS) is 11.2. The summed E-state index contributed by atoms with van der Waals surface area (Å²) < 4.78 is 10.8. The maximum absolute atomic E-state index is 12.4. The molecule has 32 heavy (non-hydrogen) atoms.